The Kier molecular flexibility index (Phi) is 6.65. The van der Waals surface area contributed by atoms with E-state index in [2.05, 4.69) is 11.1 Å². The highest BCUT2D eigenvalue weighted by Gasteiger charge is 1.96. The van der Waals surface area contributed by atoms with Crippen LogP contribution in [0.25, 0.3) is 5.65 Å². The van der Waals surface area contributed by atoms with Crippen LogP contribution in [0, 0.1) is 11.3 Å². The molecule has 0 saturated heterocycles. The van der Waals surface area contributed by atoms with Crippen molar-refractivity contribution in [3.05, 3.63) is 36.3 Å². The van der Waals surface area contributed by atoms with Crippen LogP contribution in [-0.4, -0.2) is 9.38 Å². The zero-order valence-electron chi connectivity index (χ0n) is 9.73. The van der Waals surface area contributed by atoms with Crippen molar-refractivity contribution >= 4 is 5.65 Å². The largest absolute Gasteiger partial charge is 0.291 e. The molecule has 0 bridgehead atoms. The molecule has 0 atom stereocenters. The van der Waals surface area contributed by atoms with E-state index in [1.54, 1.807) is 22.9 Å². The number of nitrogens with zero attached hydrogens (tertiary/aromatic N) is 3. The Morgan fingerprint density at radius 1 is 1.20 bits per heavy atom. The number of aromatic nitrogens is 2. The fraction of sp³-hybridized carbons (Fsp3) is 0.333. The van der Waals surface area contributed by atoms with Gasteiger partial charge in [0.05, 0.1) is 0 Å². The molecule has 80 valence electrons. The maximum Gasteiger partial charge on any atom is 0.137 e. The van der Waals surface area contributed by atoms with E-state index in [4.69, 9.17) is 5.26 Å². The zero-order valence-corrected chi connectivity index (χ0v) is 9.73. The number of hydrogen-bond acceptors (Lipinski definition) is 2. The van der Waals surface area contributed by atoms with Gasteiger partial charge in [0.2, 0.25) is 0 Å². The summed E-state index contributed by atoms with van der Waals surface area (Å²) < 4.78 is 1.75. The lowest BCUT2D eigenvalue weighted by atomic mass is 10.4. The van der Waals surface area contributed by atoms with E-state index >= 15 is 0 Å². The standard InChI is InChI=1S/C8H5N3.2C2H6/c9-6-7-2-1-3-8-10-4-5-11(7)8;2*1-2/h1-5H;2*1-2H3. The zero-order chi connectivity index (χ0) is 11.7. The molecule has 0 aliphatic rings. The first-order chi connectivity index (χ1) is 7.42. The molecule has 0 amide bonds. The SMILES string of the molecule is CC.CC.N#Cc1cccc2nccn12. The Bertz CT molecular complexity index is 424. The van der Waals surface area contributed by atoms with Crippen LogP contribution < -0.4 is 0 Å². The van der Waals surface area contributed by atoms with E-state index in [1.807, 2.05) is 39.8 Å². The smallest absolute Gasteiger partial charge is 0.137 e. The maximum atomic E-state index is 8.66. The Labute approximate surface area is 91.0 Å². The molecule has 0 aliphatic heterocycles. The minimum atomic E-state index is 0.611. The fourth-order valence-corrected chi connectivity index (χ4v) is 1.04. The summed E-state index contributed by atoms with van der Waals surface area (Å²) in [6.07, 6.45) is 3.45. The molecule has 3 heteroatoms. The van der Waals surface area contributed by atoms with Crippen molar-refractivity contribution in [2.45, 2.75) is 27.7 Å². The molecule has 2 aromatic rings. The third-order valence-corrected chi connectivity index (χ3v) is 1.54. The molecule has 0 radical (unpaired) electrons. The molecule has 0 spiro atoms. The van der Waals surface area contributed by atoms with Gasteiger partial charge in [0.25, 0.3) is 0 Å². The van der Waals surface area contributed by atoms with Gasteiger partial charge < -0.3 is 0 Å². The van der Waals surface area contributed by atoms with Gasteiger partial charge in [-0.2, -0.15) is 5.26 Å². The quantitative estimate of drug-likeness (QED) is 0.659. The third kappa shape index (κ3) is 3.10. The predicted molar refractivity (Wildman–Crippen MR) is 62.6 cm³/mol. The second-order valence-electron chi connectivity index (χ2n) is 2.18. The van der Waals surface area contributed by atoms with Gasteiger partial charge in [-0.25, -0.2) is 4.98 Å². The molecule has 0 unspecified atom stereocenters. The monoisotopic (exact) mass is 203 g/mol. The van der Waals surface area contributed by atoms with Crippen LogP contribution in [0.3, 0.4) is 0 Å². The van der Waals surface area contributed by atoms with Crippen molar-refractivity contribution in [2.24, 2.45) is 0 Å². The van der Waals surface area contributed by atoms with Crippen LogP contribution in [0.2, 0.25) is 0 Å². The number of nitriles is 1. The van der Waals surface area contributed by atoms with Crippen LogP contribution in [0.15, 0.2) is 30.6 Å². The second kappa shape index (κ2) is 7.57. The van der Waals surface area contributed by atoms with Gasteiger partial charge in [-0.3, -0.25) is 4.40 Å². The summed E-state index contributed by atoms with van der Waals surface area (Å²) in [5.74, 6) is 0. The van der Waals surface area contributed by atoms with Gasteiger partial charge in [-0.1, -0.05) is 33.8 Å². The Morgan fingerprint density at radius 3 is 2.47 bits per heavy atom. The van der Waals surface area contributed by atoms with Crippen molar-refractivity contribution in [2.75, 3.05) is 0 Å². The lowest BCUT2D eigenvalue weighted by Crippen LogP contribution is -1.88. The summed E-state index contributed by atoms with van der Waals surface area (Å²) in [6, 6.07) is 7.52. The van der Waals surface area contributed by atoms with Gasteiger partial charge in [-0.05, 0) is 12.1 Å². The summed E-state index contributed by atoms with van der Waals surface area (Å²) >= 11 is 0. The first-order valence-corrected chi connectivity index (χ1v) is 5.24. The van der Waals surface area contributed by atoms with Crippen molar-refractivity contribution in [1.29, 1.82) is 5.26 Å². The van der Waals surface area contributed by atoms with Gasteiger partial charge in [0, 0.05) is 12.4 Å². The fourth-order valence-electron chi connectivity index (χ4n) is 1.04. The van der Waals surface area contributed by atoms with Crippen molar-refractivity contribution in [3.8, 4) is 6.07 Å². The number of rotatable bonds is 0. The second-order valence-corrected chi connectivity index (χ2v) is 2.18. The van der Waals surface area contributed by atoms with Gasteiger partial charge in [0.1, 0.15) is 17.4 Å². The molecule has 2 aromatic heterocycles. The summed E-state index contributed by atoms with van der Waals surface area (Å²) in [6.45, 7) is 8.00. The summed E-state index contributed by atoms with van der Waals surface area (Å²) in [7, 11) is 0. The van der Waals surface area contributed by atoms with E-state index in [1.165, 1.54) is 0 Å². The Balaban J connectivity index is 0.000000442. The summed E-state index contributed by atoms with van der Waals surface area (Å²) in [5, 5.41) is 8.66. The van der Waals surface area contributed by atoms with Gasteiger partial charge in [0.15, 0.2) is 0 Å². The van der Waals surface area contributed by atoms with Crippen LogP contribution in [0.4, 0.5) is 0 Å². The summed E-state index contributed by atoms with van der Waals surface area (Å²) in [5.41, 5.74) is 1.42. The molecule has 2 rings (SSSR count). The van der Waals surface area contributed by atoms with E-state index < -0.39 is 0 Å². The maximum absolute atomic E-state index is 8.66. The first-order valence-electron chi connectivity index (χ1n) is 5.24. The number of imidazole rings is 1. The Morgan fingerprint density at radius 2 is 1.87 bits per heavy atom. The molecular formula is C12H17N3. The lowest BCUT2D eigenvalue weighted by molar-refractivity contribution is 1.14. The van der Waals surface area contributed by atoms with Crippen LogP contribution in [-0.2, 0) is 0 Å². The highest BCUT2D eigenvalue weighted by molar-refractivity contribution is 5.42. The van der Waals surface area contributed by atoms with E-state index in [-0.39, 0.29) is 0 Å². The van der Waals surface area contributed by atoms with Crippen molar-refractivity contribution < 1.29 is 0 Å². The minimum absolute atomic E-state index is 0.611. The van der Waals surface area contributed by atoms with E-state index in [9.17, 15) is 0 Å². The van der Waals surface area contributed by atoms with Crippen LogP contribution in [0.1, 0.15) is 33.4 Å². The third-order valence-electron chi connectivity index (χ3n) is 1.54. The number of pyridine rings is 1. The topological polar surface area (TPSA) is 41.1 Å². The molecule has 0 fully saturated rings. The van der Waals surface area contributed by atoms with Gasteiger partial charge >= 0.3 is 0 Å². The molecule has 0 aromatic carbocycles. The molecule has 0 N–H and O–H groups in total. The Hall–Kier alpha value is -1.82. The molecular weight excluding hydrogens is 186 g/mol. The predicted octanol–water partition coefficient (Wildman–Crippen LogP) is 3.26. The molecule has 15 heavy (non-hydrogen) atoms. The molecule has 2 heterocycles. The molecule has 3 nitrogen and oxygen atoms in total. The van der Waals surface area contributed by atoms with E-state index in [0.29, 0.717) is 5.69 Å². The molecule has 0 aliphatic carbocycles. The number of fused-ring (bicyclic) bond motifs is 1. The minimum Gasteiger partial charge on any atom is -0.291 e. The van der Waals surface area contributed by atoms with E-state index in [0.717, 1.165) is 5.65 Å². The summed E-state index contributed by atoms with van der Waals surface area (Å²) in [4.78, 5) is 4.04. The highest BCUT2D eigenvalue weighted by Crippen LogP contribution is 2.03. The average Bonchev–Trinajstić information content (AvgIpc) is 2.82. The first kappa shape index (κ1) is 13.2. The average molecular weight is 203 g/mol. The van der Waals surface area contributed by atoms with Crippen LogP contribution >= 0.6 is 0 Å². The van der Waals surface area contributed by atoms with Crippen molar-refractivity contribution in [3.63, 3.8) is 0 Å². The molecule has 0 saturated carbocycles. The highest BCUT2D eigenvalue weighted by atomic mass is 15.0. The normalized spacial score (nSPS) is 7.93. The van der Waals surface area contributed by atoms with Crippen LogP contribution in [0.5, 0.6) is 0 Å². The van der Waals surface area contributed by atoms with Gasteiger partial charge in [-0.15, -0.1) is 0 Å². The van der Waals surface area contributed by atoms with Crippen molar-refractivity contribution in [1.82, 2.24) is 9.38 Å². The lowest BCUT2D eigenvalue weighted by Gasteiger charge is -1.93. The number of hydrogen-bond donors (Lipinski definition) is 0.